The van der Waals surface area contributed by atoms with Crippen LogP contribution in [0, 0.1) is 0 Å². The van der Waals surface area contributed by atoms with Crippen LogP contribution in [-0.4, -0.2) is 31.6 Å². The number of hydrogen-bond donors (Lipinski definition) is 2. The van der Waals surface area contributed by atoms with Crippen molar-refractivity contribution in [3.8, 4) is 0 Å². The average molecular weight is 294 g/mol. The molecule has 5 heteroatoms. The van der Waals surface area contributed by atoms with E-state index in [-0.39, 0.29) is 5.91 Å². The van der Waals surface area contributed by atoms with Crippen LogP contribution in [0.4, 0.5) is 0 Å². The number of carbonyl (C=O) groups excluding carboxylic acids is 1. The molecule has 5 nitrogen and oxygen atoms in total. The average Bonchev–Trinajstić information content (AvgIpc) is 3.03. The Balaban J connectivity index is 1.42. The van der Waals surface area contributed by atoms with Gasteiger partial charge in [0.2, 0.25) is 5.91 Å². The second-order valence-electron chi connectivity index (χ2n) is 5.52. The molecule has 0 aliphatic carbocycles. The van der Waals surface area contributed by atoms with Gasteiger partial charge in [0.25, 0.3) is 0 Å². The van der Waals surface area contributed by atoms with Crippen molar-refractivity contribution in [2.45, 2.75) is 51.2 Å². The lowest BCUT2D eigenvalue weighted by Crippen LogP contribution is -2.35. The highest BCUT2D eigenvalue weighted by Gasteiger charge is 2.13. The van der Waals surface area contributed by atoms with Gasteiger partial charge in [-0.2, -0.15) is 0 Å². The molecule has 1 saturated heterocycles. The van der Waals surface area contributed by atoms with Gasteiger partial charge in [-0.15, -0.1) is 0 Å². The van der Waals surface area contributed by atoms with E-state index in [4.69, 9.17) is 9.15 Å². The van der Waals surface area contributed by atoms with Crippen molar-refractivity contribution >= 4 is 5.91 Å². The lowest BCUT2D eigenvalue weighted by atomic mass is 10.0. The highest BCUT2D eigenvalue weighted by Crippen LogP contribution is 2.11. The van der Waals surface area contributed by atoms with Crippen LogP contribution >= 0.6 is 0 Å². The Morgan fingerprint density at radius 2 is 2.43 bits per heavy atom. The van der Waals surface area contributed by atoms with Crippen LogP contribution in [0.2, 0.25) is 0 Å². The Bertz CT molecular complexity index is 386. The lowest BCUT2D eigenvalue weighted by Gasteiger charge is -2.23. The highest BCUT2D eigenvalue weighted by molar-refractivity contribution is 5.75. The molecule has 1 aromatic rings. The van der Waals surface area contributed by atoms with Gasteiger partial charge in [0.15, 0.2) is 0 Å². The second kappa shape index (κ2) is 9.58. The third-order valence-corrected chi connectivity index (χ3v) is 3.74. The van der Waals surface area contributed by atoms with Gasteiger partial charge in [0.05, 0.1) is 6.26 Å². The lowest BCUT2D eigenvalue weighted by molar-refractivity contribution is -0.121. The van der Waals surface area contributed by atoms with Crippen LogP contribution in [0.1, 0.15) is 44.3 Å². The molecule has 2 N–H and O–H groups in total. The predicted molar refractivity (Wildman–Crippen MR) is 80.9 cm³/mol. The first-order valence-electron chi connectivity index (χ1n) is 7.95. The van der Waals surface area contributed by atoms with Crippen molar-refractivity contribution in [2.24, 2.45) is 0 Å². The molecule has 1 unspecified atom stereocenters. The molecule has 0 bridgehead atoms. The fourth-order valence-electron chi connectivity index (χ4n) is 2.53. The molecule has 0 radical (unpaired) electrons. The van der Waals surface area contributed by atoms with E-state index >= 15 is 0 Å². The summed E-state index contributed by atoms with van der Waals surface area (Å²) in [5, 5.41) is 6.41. The molecule has 1 fully saturated rings. The number of piperidine rings is 1. The van der Waals surface area contributed by atoms with Crippen molar-refractivity contribution < 1.29 is 13.9 Å². The van der Waals surface area contributed by atoms with Gasteiger partial charge < -0.3 is 19.8 Å². The molecule has 21 heavy (non-hydrogen) atoms. The number of amides is 1. The zero-order valence-electron chi connectivity index (χ0n) is 12.6. The fraction of sp³-hybridized carbons (Fsp3) is 0.688. The van der Waals surface area contributed by atoms with Gasteiger partial charge in [-0.25, -0.2) is 0 Å². The SMILES string of the molecule is O=C(CCC1CCCCN1)NCCCOCc1ccco1. The van der Waals surface area contributed by atoms with Gasteiger partial charge in [-0.3, -0.25) is 4.79 Å². The number of rotatable bonds is 9. The molecule has 1 aromatic heterocycles. The summed E-state index contributed by atoms with van der Waals surface area (Å²) in [7, 11) is 0. The van der Waals surface area contributed by atoms with E-state index in [1.165, 1.54) is 19.3 Å². The van der Waals surface area contributed by atoms with Crippen LogP contribution in [-0.2, 0) is 16.1 Å². The van der Waals surface area contributed by atoms with Gasteiger partial charge in [-0.05, 0) is 44.4 Å². The number of nitrogens with one attached hydrogen (secondary N) is 2. The summed E-state index contributed by atoms with van der Waals surface area (Å²) in [6.45, 7) is 2.90. The van der Waals surface area contributed by atoms with E-state index in [0.29, 0.717) is 32.2 Å². The summed E-state index contributed by atoms with van der Waals surface area (Å²) in [5.74, 6) is 0.979. The summed E-state index contributed by atoms with van der Waals surface area (Å²) in [5.41, 5.74) is 0. The maximum atomic E-state index is 11.7. The maximum Gasteiger partial charge on any atom is 0.220 e. The van der Waals surface area contributed by atoms with Gasteiger partial charge in [-0.1, -0.05) is 6.42 Å². The molecular weight excluding hydrogens is 268 g/mol. The Kier molecular flexibility index (Phi) is 7.32. The first kappa shape index (κ1) is 16.0. The standard InChI is InChI=1S/C16H26N2O3/c19-16(8-7-14-5-1-2-9-17-14)18-10-4-11-20-13-15-6-3-12-21-15/h3,6,12,14,17H,1-2,4-5,7-11,13H2,(H,18,19). The predicted octanol–water partition coefficient (Wildman–Crippen LogP) is 2.22. The van der Waals surface area contributed by atoms with E-state index in [1.54, 1.807) is 6.26 Å². The molecule has 2 rings (SSSR count). The van der Waals surface area contributed by atoms with Gasteiger partial charge in [0, 0.05) is 25.6 Å². The minimum atomic E-state index is 0.147. The maximum absolute atomic E-state index is 11.7. The van der Waals surface area contributed by atoms with Crippen LogP contribution in [0.25, 0.3) is 0 Å². The molecule has 0 spiro atoms. The first-order valence-corrected chi connectivity index (χ1v) is 7.95. The van der Waals surface area contributed by atoms with Crippen molar-refractivity contribution in [3.63, 3.8) is 0 Å². The third-order valence-electron chi connectivity index (χ3n) is 3.74. The van der Waals surface area contributed by atoms with E-state index in [2.05, 4.69) is 10.6 Å². The largest absolute Gasteiger partial charge is 0.467 e. The summed E-state index contributed by atoms with van der Waals surface area (Å²) >= 11 is 0. The Morgan fingerprint density at radius 1 is 1.48 bits per heavy atom. The van der Waals surface area contributed by atoms with Crippen molar-refractivity contribution in [1.82, 2.24) is 10.6 Å². The highest BCUT2D eigenvalue weighted by atomic mass is 16.5. The number of carbonyl (C=O) groups is 1. The zero-order valence-corrected chi connectivity index (χ0v) is 12.6. The van der Waals surface area contributed by atoms with Gasteiger partial charge >= 0.3 is 0 Å². The Labute approximate surface area is 126 Å². The van der Waals surface area contributed by atoms with E-state index < -0.39 is 0 Å². The Hall–Kier alpha value is -1.33. The molecule has 1 amide bonds. The minimum absolute atomic E-state index is 0.147. The van der Waals surface area contributed by atoms with Crippen LogP contribution in [0.5, 0.6) is 0 Å². The summed E-state index contributed by atoms with van der Waals surface area (Å²) in [6.07, 6.45) is 7.78. The van der Waals surface area contributed by atoms with Crippen molar-refractivity contribution in [2.75, 3.05) is 19.7 Å². The minimum Gasteiger partial charge on any atom is -0.467 e. The monoisotopic (exact) mass is 294 g/mol. The number of hydrogen-bond acceptors (Lipinski definition) is 4. The summed E-state index contributed by atoms with van der Waals surface area (Å²) < 4.78 is 10.6. The van der Waals surface area contributed by atoms with Crippen LogP contribution in [0.15, 0.2) is 22.8 Å². The van der Waals surface area contributed by atoms with Crippen LogP contribution in [0.3, 0.4) is 0 Å². The van der Waals surface area contributed by atoms with E-state index in [9.17, 15) is 4.79 Å². The van der Waals surface area contributed by atoms with Crippen molar-refractivity contribution in [3.05, 3.63) is 24.2 Å². The number of ether oxygens (including phenoxy) is 1. The molecule has 1 aliphatic heterocycles. The number of furan rings is 1. The van der Waals surface area contributed by atoms with E-state index in [1.807, 2.05) is 12.1 Å². The van der Waals surface area contributed by atoms with E-state index in [0.717, 1.165) is 25.1 Å². The molecule has 0 aromatic carbocycles. The molecule has 1 atom stereocenters. The smallest absolute Gasteiger partial charge is 0.220 e. The first-order chi connectivity index (χ1) is 10.3. The summed E-state index contributed by atoms with van der Waals surface area (Å²) in [4.78, 5) is 11.7. The van der Waals surface area contributed by atoms with Gasteiger partial charge in [0.1, 0.15) is 12.4 Å². The Morgan fingerprint density at radius 3 is 3.19 bits per heavy atom. The second-order valence-corrected chi connectivity index (χ2v) is 5.52. The fourth-order valence-corrected chi connectivity index (χ4v) is 2.53. The molecule has 2 heterocycles. The zero-order chi connectivity index (χ0) is 14.8. The molecule has 118 valence electrons. The molecule has 1 aliphatic rings. The topological polar surface area (TPSA) is 63.5 Å². The normalized spacial score (nSPS) is 18.6. The van der Waals surface area contributed by atoms with Crippen molar-refractivity contribution in [1.29, 1.82) is 0 Å². The third kappa shape index (κ3) is 6.78. The molecule has 0 saturated carbocycles. The molecular formula is C16H26N2O3. The quantitative estimate of drug-likeness (QED) is 0.686. The summed E-state index contributed by atoms with van der Waals surface area (Å²) in [6, 6.07) is 4.27. The van der Waals surface area contributed by atoms with Crippen LogP contribution < -0.4 is 10.6 Å².